The van der Waals surface area contributed by atoms with Crippen LogP contribution in [0.1, 0.15) is 13.3 Å². The van der Waals surface area contributed by atoms with E-state index < -0.39 is 29.0 Å². The molecule has 1 atom stereocenters. The third-order valence-corrected chi connectivity index (χ3v) is 2.62. The van der Waals surface area contributed by atoms with Gasteiger partial charge in [0.05, 0.1) is 20.6 Å². The topological polar surface area (TPSA) is 102 Å². The molecule has 0 aromatic rings. The second-order valence-electron chi connectivity index (χ2n) is 3.73. The van der Waals surface area contributed by atoms with E-state index in [1.165, 1.54) is 6.92 Å². The maximum Gasteiger partial charge on any atom is 0.346 e. The van der Waals surface area contributed by atoms with Crippen molar-refractivity contribution in [2.45, 2.75) is 24.5 Å². The second-order valence-corrected chi connectivity index (χ2v) is 3.73. The van der Waals surface area contributed by atoms with Crippen molar-refractivity contribution in [3.05, 3.63) is 0 Å². The fourth-order valence-corrected chi connectivity index (χ4v) is 1.76. The van der Waals surface area contributed by atoms with E-state index in [0.29, 0.717) is 0 Å². The molecule has 2 N–H and O–H groups in total. The molecule has 7 heteroatoms. The summed E-state index contributed by atoms with van der Waals surface area (Å²) >= 11 is 0. The normalized spacial score (nSPS) is 27.1. The Bertz CT molecular complexity index is 332. The average molecular weight is 231 g/mol. The number of aliphatic hydroxyl groups is 1. The van der Waals surface area contributed by atoms with Gasteiger partial charge in [0.1, 0.15) is 5.60 Å². The van der Waals surface area contributed by atoms with Gasteiger partial charge >= 0.3 is 11.9 Å². The van der Waals surface area contributed by atoms with Crippen molar-refractivity contribution in [3.8, 4) is 0 Å². The standard InChI is InChI=1S/C9H13NO6/c1-8(14)4-5(11)10-9(8,6(12)15-2)7(13)16-3/h14H,4H2,1-3H3,(H,10,11). The van der Waals surface area contributed by atoms with E-state index in [4.69, 9.17) is 0 Å². The Balaban J connectivity index is 3.30. The Morgan fingerprint density at radius 2 is 1.75 bits per heavy atom. The Morgan fingerprint density at radius 1 is 1.31 bits per heavy atom. The fraction of sp³-hybridized carbons (Fsp3) is 0.667. The van der Waals surface area contributed by atoms with Gasteiger partial charge in [-0.25, -0.2) is 9.59 Å². The van der Waals surface area contributed by atoms with Crippen molar-refractivity contribution < 1.29 is 29.0 Å². The third-order valence-electron chi connectivity index (χ3n) is 2.62. The molecule has 1 saturated heterocycles. The molecule has 1 aliphatic rings. The first kappa shape index (κ1) is 12.4. The molecule has 0 spiro atoms. The average Bonchev–Trinajstić information content (AvgIpc) is 2.46. The molecule has 1 aliphatic heterocycles. The van der Waals surface area contributed by atoms with Crippen LogP contribution >= 0.6 is 0 Å². The molecule has 90 valence electrons. The largest absolute Gasteiger partial charge is 0.467 e. The van der Waals surface area contributed by atoms with Crippen molar-refractivity contribution >= 4 is 17.8 Å². The molecule has 0 aromatic heterocycles. The highest BCUT2D eigenvalue weighted by Gasteiger charge is 2.67. The lowest BCUT2D eigenvalue weighted by atomic mass is 9.82. The van der Waals surface area contributed by atoms with Crippen molar-refractivity contribution in [2.75, 3.05) is 14.2 Å². The number of esters is 2. The summed E-state index contributed by atoms with van der Waals surface area (Å²) in [5, 5.41) is 12.1. The Labute approximate surface area is 91.7 Å². The highest BCUT2D eigenvalue weighted by atomic mass is 16.6. The van der Waals surface area contributed by atoms with E-state index >= 15 is 0 Å². The molecule has 1 amide bonds. The number of nitrogens with one attached hydrogen (secondary N) is 1. The molecule has 1 rings (SSSR count). The van der Waals surface area contributed by atoms with Gasteiger partial charge < -0.3 is 19.9 Å². The van der Waals surface area contributed by atoms with Crippen LogP contribution < -0.4 is 5.32 Å². The molecule has 1 heterocycles. The molecule has 0 aromatic carbocycles. The summed E-state index contributed by atoms with van der Waals surface area (Å²) < 4.78 is 8.86. The molecule has 0 saturated carbocycles. The van der Waals surface area contributed by atoms with Gasteiger partial charge in [-0.05, 0) is 6.92 Å². The molecular weight excluding hydrogens is 218 g/mol. The zero-order valence-corrected chi connectivity index (χ0v) is 9.20. The van der Waals surface area contributed by atoms with Crippen molar-refractivity contribution in [1.29, 1.82) is 0 Å². The maximum atomic E-state index is 11.6. The highest BCUT2D eigenvalue weighted by Crippen LogP contribution is 2.33. The van der Waals surface area contributed by atoms with E-state index in [2.05, 4.69) is 14.8 Å². The Morgan fingerprint density at radius 3 is 2.00 bits per heavy atom. The van der Waals surface area contributed by atoms with Crippen LogP contribution in [0.3, 0.4) is 0 Å². The summed E-state index contributed by atoms with van der Waals surface area (Å²) in [4.78, 5) is 34.4. The van der Waals surface area contributed by atoms with Crippen molar-refractivity contribution in [2.24, 2.45) is 0 Å². The first-order chi connectivity index (χ1) is 7.31. The predicted molar refractivity (Wildman–Crippen MR) is 50.1 cm³/mol. The summed E-state index contributed by atoms with van der Waals surface area (Å²) in [6, 6.07) is 0. The fourth-order valence-electron chi connectivity index (χ4n) is 1.76. The number of hydrogen-bond donors (Lipinski definition) is 2. The summed E-state index contributed by atoms with van der Waals surface area (Å²) in [7, 11) is 2.10. The monoisotopic (exact) mass is 231 g/mol. The van der Waals surface area contributed by atoms with Crippen LogP contribution in [0.5, 0.6) is 0 Å². The van der Waals surface area contributed by atoms with Gasteiger partial charge in [-0.1, -0.05) is 0 Å². The summed E-state index contributed by atoms with van der Waals surface area (Å²) in [5.74, 6) is -2.74. The van der Waals surface area contributed by atoms with Gasteiger partial charge in [0.2, 0.25) is 5.91 Å². The Kier molecular flexibility index (Phi) is 2.91. The smallest absolute Gasteiger partial charge is 0.346 e. The summed E-state index contributed by atoms with van der Waals surface area (Å²) in [5.41, 5.74) is -4.07. The zero-order valence-electron chi connectivity index (χ0n) is 9.20. The third kappa shape index (κ3) is 1.44. The van der Waals surface area contributed by atoms with Crippen LogP contribution in [-0.2, 0) is 23.9 Å². The molecule has 0 aliphatic carbocycles. The number of ether oxygens (including phenoxy) is 2. The van der Waals surface area contributed by atoms with Gasteiger partial charge in [0.25, 0.3) is 5.54 Å². The lowest BCUT2D eigenvalue weighted by molar-refractivity contribution is -0.174. The lowest BCUT2D eigenvalue weighted by Gasteiger charge is -2.33. The van der Waals surface area contributed by atoms with Crippen LogP contribution in [0, 0.1) is 0 Å². The number of amides is 1. The first-order valence-corrected chi connectivity index (χ1v) is 4.52. The molecule has 16 heavy (non-hydrogen) atoms. The molecule has 0 radical (unpaired) electrons. The second kappa shape index (κ2) is 3.75. The molecule has 1 unspecified atom stereocenters. The number of carbonyl (C=O) groups excluding carboxylic acids is 3. The van der Waals surface area contributed by atoms with E-state index in [0.717, 1.165) is 14.2 Å². The predicted octanol–water partition coefficient (Wildman–Crippen LogP) is -1.66. The van der Waals surface area contributed by atoms with Gasteiger partial charge in [-0.3, -0.25) is 4.79 Å². The number of hydrogen-bond acceptors (Lipinski definition) is 6. The Hall–Kier alpha value is -1.63. The molecular formula is C9H13NO6. The summed E-state index contributed by atoms with van der Waals surface area (Å²) in [6.45, 7) is 1.19. The van der Waals surface area contributed by atoms with E-state index in [1.54, 1.807) is 0 Å². The quantitative estimate of drug-likeness (QED) is 0.435. The van der Waals surface area contributed by atoms with Crippen molar-refractivity contribution in [3.63, 3.8) is 0 Å². The van der Waals surface area contributed by atoms with E-state index in [-0.39, 0.29) is 6.42 Å². The number of rotatable bonds is 2. The van der Waals surface area contributed by atoms with Crippen LogP contribution in [-0.4, -0.2) is 48.3 Å². The lowest BCUT2D eigenvalue weighted by Crippen LogP contribution is -2.67. The highest BCUT2D eigenvalue weighted by molar-refractivity contribution is 6.12. The number of carbonyl (C=O) groups is 3. The number of methoxy groups -OCH3 is 2. The van der Waals surface area contributed by atoms with E-state index in [9.17, 15) is 19.5 Å². The van der Waals surface area contributed by atoms with Gasteiger partial charge in [0.15, 0.2) is 0 Å². The van der Waals surface area contributed by atoms with Crippen LogP contribution in [0.25, 0.3) is 0 Å². The molecule has 1 fully saturated rings. The zero-order chi connectivity index (χ0) is 12.6. The first-order valence-electron chi connectivity index (χ1n) is 4.52. The van der Waals surface area contributed by atoms with Crippen molar-refractivity contribution in [1.82, 2.24) is 5.32 Å². The minimum atomic E-state index is -2.19. The van der Waals surface area contributed by atoms with Crippen LogP contribution in [0.2, 0.25) is 0 Å². The minimum Gasteiger partial charge on any atom is -0.467 e. The van der Waals surface area contributed by atoms with Gasteiger partial charge in [-0.2, -0.15) is 0 Å². The van der Waals surface area contributed by atoms with Crippen LogP contribution in [0.15, 0.2) is 0 Å². The van der Waals surface area contributed by atoms with E-state index in [1.807, 2.05) is 0 Å². The molecule has 0 bridgehead atoms. The summed E-state index contributed by atoms with van der Waals surface area (Å²) in [6.07, 6.45) is -0.378. The minimum absolute atomic E-state index is 0.378. The SMILES string of the molecule is COC(=O)C1(C(=O)OC)NC(=O)CC1(C)O. The van der Waals surface area contributed by atoms with Gasteiger partial charge in [0, 0.05) is 0 Å². The van der Waals surface area contributed by atoms with Crippen LogP contribution in [0.4, 0.5) is 0 Å². The van der Waals surface area contributed by atoms with Gasteiger partial charge in [-0.15, -0.1) is 0 Å². The molecule has 7 nitrogen and oxygen atoms in total. The maximum absolute atomic E-state index is 11.6.